The van der Waals surface area contributed by atoms with Gasteiger partial charge in [0.05, 0.1) is 18.1 Å². The Balaban J connectivity index is 0.000000956. The summed E-state index contributed by atoms with van der Waals surface area (Å²) in [6.07, 6.45) is 1.38. The van der Waals surface area contributed by atoms with Crippen LogP contribution in [0.4, 0.5) is 15.9 Å². The fourth-order valence-electron chi connectivity index (χ4n) is 2.25. The monoisotopic (exact) mass is 280 g/mol. The molecule has 3 N–H and O–H groups in total. The van der Waals surface area contributed by atoms with E-state index in [2.05, 4.69) is 21.8 Å². The van der Waals surface area contributed by atoms with Crippen molar-refractivity contribution in [3.8, 4) is 0 Å². The summed E-state index contributed by atoms with van der Waals surface area (Å²) in [5.74, 6) is 0.707. The molecule has 0 saturated heterocycles. The van der Waals surface area contributed by atoms with E-state index in [0.29, 0.717) is 24.5 Å². The molecule has 0 radical (unpaired) electrons. The first-order valence-electron chi connectivity index (χ1n) is 7.14. The van der Waals surface area contributed by atoms with Gasteiger partial charge in [-0.25, -0.2) is 4.98 Å². The van der Waals surface area contributed by atoms with Crippen molar-refractivity contribution in [2.45, 2.75) is 26.7 Å². The SMILES string of the molecule is C=C1c2cc(N)c(NC)nc2CCN1CCCF.CC. The highest BCUT2D eigenvalue weighted by molar-refractivity contribution is 5.73. The molecule has 2 rings (SSSR count). The number of hydrogen-bond donors (Lipinski definition) is 2. The van der Waals surface area contributed by atoms with Crippen LogP contribution < -0.4 is 11.1 Å². The van der Waals surface area contributed by atoms with Crippen molar-refractivity contribution < 1.29 is 4.39 Å². The number of hydrogen-bond acceptors (Lipinski definition) is 4. The molecule has 0 aliphatic carbocycles. The van der Waals surface area contributed by atoms with Gasteiger partial charge in [-0.3, -0.25) is 4.39 Å². The average molecular weight is 280 g/mol. The van der Waals surface area contributed by atoms with Crippen LogP contribution in [0.5, 0.6) is 0 Å². The zero-order valence-corrected chi connectivity index (χ0v) is 12.7. The van der Waals surface area contributed by atoms with Crippen LogP contribution in [-0.4, -0.2) is 36.7 Å². The van der Waals surface area contributed by atoms with Crippen LogP contribution in [0.3, 0.4) is 0 Å². The lowest BCUT2D eigenvalue weighted by Crippen LogP contribution is -2.31. The molecule has 0 amide bonds. The molecule has 0 aromatic carbocycles. The van der Waals surface area contributed by atoms with Crippen molar-refractivity contribution in [1.29, 1.82) is 0 Å². The summed E-state index contributed by atoms with van der Waals surface area (Å²) in [7, 11) is 1.80. The molecule has 1 aliphatic heterocycles. The summed E-state index contributed by atoms with van der Waals surface area (Å²) in [6.45, 7) is 9.31. The van der Waals surface area contributed by atoms with Crippen molar-refractivity contribution in [2.75, 3.05) is 37.9 Å². The van der Waals surface area contributed by atoms with E-state index in [-0.39, 0.29) is 6.67 Å². The second kappa shape index (κ2) is 7.72. The highest BCUT2D eigenvalue weighted by atomic mass is 19.1. The summed E-state index contributed by atoms with van der Waals surface area (Å²) in [4.78, 5) is 6.60. The van der Waals surface area contributed by atoms with Crippen molar-refractivity contribution in [3.63, 3.8) is 0 Å². The molecule has 0 spiro atoms. The third-order valence-electron chi connectivity index (χ3n) is 3.24. The summed E-state index contributed by atoms with van der Waals surface area (Å²) in [5.41, 5.74) is 9.42. The second-order valence-electron chi connectivity index (χ2n) is 4.40. The minimum Gasteiger partial charge on any atom is -0.396 e. The first kappa shape index (κ1) is 16.3. The van der Waals surface area contributed by atoms with E-state index < -0.39 is 0 Å². The largest absolute Gasteiger partial charge is 0.396 e. The van der Waals surface area contributed by atoms with Gasteiger partial charge >= 0.3 is 0 Å². The fraction of sp³-hybridized carbons (Fsp3) is 0.533. The van der Waals surface area contributed by atoms with Gasteiger partial charge in [-0.1, -0.05) is 20.4 Å². The van der Waals surface area contributed by atoms with Gasteiger partial charge in [-0.05, 0) is 12.5 Å². The van der Waals surface area contributed by atoms with Gasteiger partial charge in [0.2, 0.25) is 0 Å². The van der Waals surface area contributed by atoms with Gasteiger partial charge in [0.1, 0.15) is 5.82 Å². The lowest BCUT2D eigenvalue weighted by molar-refractivity contribution is 0.351. The topological polar surface area (TPSA) is 54.2 Å². The van der Waals surface area contributed by atoms with E-state index in [1.807, 2.05) is 19.9 Å². The second-order valence-corrected chi connectivity index (χ2v) is 4.40. The average Bonchev–Trinajstić information content (AvgIpc) is 2.49. The molecular weight excluding hydrogens is 255 g/mol. The molecule has 1 aromatic rings. The highest BCUT2D eigenvalue weighted by Crippen LogP contribution is 2.30. The minimum absolute atomic E-state index is 0.296. The maximum Gasteiger partial charge on any atom is 0.149 e. The maximum atomic E-state index is 12.2. The lowest BCUT2D eigenvalue weighted by atomic mass is 10.0. The van der Waals surface area contributed by atoms with E-state index in [1.54, 1.807) is 7.05 Å². The molecule has 112 valence electrons. The Morgan fingerprint density at radius 1 is 1.50 bits per heavy atom. The lowest BCUT2D eigenvalue weighted by Gasteiger charge is -2.32. The molecule has 0 saturated carbocycles. The molecule has 0 fully saturated rings. The third-order valence-corrected chi connectivity index (χ3v) is 3.24. The third kappa shape index (κ3) is 3.40. The number of nitrogen functional groups attached to an aromatic ring is 1. The van der Waals surface area contributed by atoms with Gasteiger partial charge in [0.25, 0.3) is 0 Å². The number of alkyl halides is 1. The molecule has 1 aromatic heterocycles. The summed E-state index contributed by atoms with van der Waals surface area (Å²) >= 11 is 0. The zero-order chi connectivity index (χ0) is 15.1. The summed E-state index contributed by atoms with van der Waals surface area (Å²) < 4.78 is 12.2. The van der Waals surface area contributed by atoms with Crippen molar-refractivity contribution in [1.82, 2.24) is 9.88 Å². The van der Waals surface area contributed by atoms with Gasteiger partial charge in [0.15, 0.2) is 0 Å². The van der Waals surface area contributed by atoms with Crippen LogP contribution in [-0.2, 0) is 6.42 Å². The van der Waals surface area contributed by atoms with Gasteiger partial charge in [-0.15, -0.1) is 0 Å². The predicted molar refractivity (Wildman–Crippen MR) is 84.4 cm³/mol. The molecule has 5 heteroatoms. The number of nitrogens with one attached hydrogen (secondary N) is 1. The number of pyridine rings is 1. The maximum absolute atomic E-state index is 12.2. The quantitative estimate of drug-likeness (QED) is 0.890. The van der Waals surface area contributed by atoms with Crippen LogP contribution in [0.1, 0.15) is 31.5 Å². The predicted octanol–water partition coefficient (Wildman–Crippen LogP) is 2.92. The molecule has 1 aliphatic rings. The normalized spacial score (nSPS) is 13.4. The smallest absolute Gasteiger partial charge is 0.149 e. The van der Waals surface area contributed by atoms with Gasteiger partial charge in [-0.2, -0.15) is 0 Å². The Hall–Kier alpha value is -1.78. The highest BCUT2D eigenvalue weighted by Gasteiger charge is 2.21. The van der Waals surface area contributed by atoms with E-state index >= 15 is 0 Å². The first-order valence-corrected chi connectivity index (χ1v) is 7.14. The van der Waals surface area contributed by atoms with Crippen molar-refractivity contribution in [3.05, 3.63) is 23.9 Å². The molecule has 20 heavy (non-hydrogen) atoms. The summed E-state index contributed by atoms with van der Waals surface area (Å²) in [6, 6.07) is 1.90. The van der Waals surface area contributed by atoms with Gasteiger partial charge in [0, 0.05) is 37.8 Å². The van der Waals surface area contributed by atoms with E-state index in [1.165, 1.54) is 0 Å². The Morgan fingerprint density at radius 2 is 2.20 bits per heavy atom. The molecule has 0 bridgehead atoms. The van der Waals surface area contributed by atoms with Crippen LogP contribution in [0.2, 0.25) is 0 Å². The molecule has 2 heterocycles. The van der Waals surface area contributed by atoms with Crippen LogP contribution in [0.25, 0.3) is 5.70 Å². The standard InChI is InChI=1S/C13H19FN4.C2H6/c1-9-10-8-11(15)13(16-2)17-12(10)4-7-18(9)6-3-5-14;1-2/h8H,1,3-7,15H2,2H3,(H,16,17);1-2H3. The Bertz CT molecular complexity index is 459. The fourth-order valence-corrected chi connectivity index (χ4v) is 2.25. The van der Waals surface area contributed by atoms with Gasteiger partial charge < -0.3 is 16.0 Å². The number of nitrogens with zero attached hydrogens (tertiary/aromatic N) is 2. The Morgan fingerprint density at radius 3 is 2.80 bits per heavy atom. The van der Waals surface area contributed by atoms with E-state index in [4.69, 9.17) is 5.73 Å². The van der Waals surface area contributed by atoms with E-state index in [9.17, 15) is 4.39 Å². The Kier molecular flexibility index (Phi) is 6.28. The zero-order valence-electron chi connectivity index (χ0n) is 12.7. The summed E-state index contributed by atoms with van der Waals surface area (Å²) in [5, 5.41) is 2.98. The molecule has 4 nitrogen and oxygen atoms in total. The molecule has 0 unspecified atom stereocenters. The van der Waals surface area contributed by atoms with Crippen LogP contribution >= 0.6 is 0 Å². The Labute approximate surface area is 120 Å². The number of rotatable bonds is 4. The number of aromatic nitrogens is 1. The van der Waals surface area contributed by atoms with Crippen LogP contribution in [0.15, 0.2) is 12.6 Å². The molecular formula is C15H25FN4. The van der Waals surface area contributed by atoms with Crippen LogP contribution in [0, 0.1) is 0 Å². The number of nitrogens with two attached hydrogens (primary N) is 1. The number of fused-ring (bicyclic) bond motifs is 1. The van der Waals surface area contributed by atoms with E-state index in [0.717, 1.165) is 29.9 Å². The number of anilines is 2. The van der Waals surface area contributed by atoms with Crippen molar-refractivity contribution in [2.24, 2.45) is 0 Å². The number of halogens is 1. The van der Waals surface area contributed by atoms with Crippen molar-refractivity contribution >= 4 is 17.2 Å². The first-order chi connectivity index (χ1) is 9.67. The molecule has 0 atom stereocenters. The minimum atomic E-state index is -0.296.